The van der Waals surface area contributed by atoms with Crippen LogP contribution < -0.4 is 24.0 Å². The Hall–Kier alpha value is -0.593. The van der Waals surface area contributed by atoms with Gasteiger partial charge in [0.05, 0.1) is 11.7 Å². The van der Waals surface area contributed by atoms with Crippen LogP contribution in [0.15, 0.2) is 9.98 Å². The topological polar surface area (TPSA) is 64.8 Å². The molecule has 0 fully saturated rings. The average Bonchev–Trinajstić information content (AvgIpc) is 2.45. The maximum atomic E-state index is 11.3. The van der Waals surface area contributed by atoms with Crippen LogP contribution in [0.4, 0.5) is 0 Å². The van der Waals surface area contributed by atoms with Gasteiger partial charge in [-0.15, -0.1) is 0 Å². The van der Waals surface area contributed by atoms with E-state index in [1.807, 2.05) is 20.8 Å². The van der Waals surface area contributed by atoms with Gasteiger partial charge in [-0.2, -0.15) is 0 Å². The minimum absolute atomic E-state index is 0. The minimum Gasteiger partial charge on any atom is -0.545 e. The number of aliphatic carboxylic acids is 1. The number of hydrogen-bond donors (Lipinski definition) is 0. The third kappa shape index (κ3) is 2.81. The van der Waals surface area contributed by atoms with Crippen molar-refractivity contribution < 1.29 is 28.8 Å². The first-order valence-corrected chi connectivity index (χ1v) is 5.38. The second-order valence-corrected chi connectivity index (χ2v) is 6.21. The zero-order chi connectivity index (χ0) is 12.8. The Morgan fingerprint density at radius 1 is 1.24 bits per heavy atom. The third-order valence-corrected chi connectivity index (χ3v) is 2.75. The van der Waals surface area contributed by atoms with Crippen LogP contribution in [0.1, 0.15) is 41.5 Å². The van der Waals surface area contributed by atoms with Crippen LogP contribution in [0.25, 0.3) is 0 Å². The summed E-state index contributed by atoms with van der Waals surface area (Å²) in [7, 11) is 0. The SMILES string of the molecule is CC(C)(C)C1=NC(C(=O)[O-])(C(C)(C)C)N=C1.[Li+]. The fraction of sp³-hybridized carbons (Fsp3) is 0.750. The van der Waals surface area contributed by atoms with Gasteiger partial charge >= 0.3 is 18.9 Å². The molecule has 1 heterocycles. The quantitative estimate of drug-likeness (QED) is 0.492. The summed E-state index contributed by atoms with van der Waals surface area (Å²) in [6, 6.07) is 0. The maximum absolute atomic E-state index is 11.3. The van der Waals surface area contributed by atoms with Crippen molar-refractivity contribution in [2.24, 2.45) is 20.8 Å². The van der Waals surface area contributed by atoms with Crippen LogP contribution in [-0.4, -0.2) is 23.6 Å². The van der Waals surface area contributed by atoms with E-state index in [4.69, 9.17) is 0 Å². The fourth-order valence-electron chi connectivity index (χ4n) is 1.51. The Bertz CT molecular complexity index is 375. The van der Waals surface area contributed by atoms with Crippen molar-refractivity contribution in [2.75, 3.05) is 0 Å². The predicted molar refractivity (Wildman–Crippen MR) is 62.6 cm³/mol. The molecule has 1 atom stereocenters. The summed E-state index contributed by atoms with van der Waals surface area (Å²) < 4.78 is 0. The molecule has 0 bridgehead atoms. The summed E-state index contributed by atoms with van der Waals surface area (Å²) in [5.41, 5.74) is -1.58. The Morgan fingerprint density at radius 3 is 1.88 bits per heavy atom. The van der Waals surface area contributed by atoms with Gasteiger partial charge in [0.15, 0.2) is 5.66 Å². The Labute approximate surface area is 115 Å². The third-order valence-electron chi connectivity index (χ3n) is 2.75. The average molecular weight is 230 g/mol. The van der Waals surface area contributed by atoms with Gasteiger partial charge in [-0.1, -0.05) is 41.5 Å². The predicted octanol–water partition coefficient (Wildman–Crippen LogP) is -1.95. The summed E-state index contributed by atoms with van der Waals surface area (Å²) in [6.07, 6.45) is 1.56. The van der Waals surface area contributed by atoms with Crippen LogP contribution in [-0.2, 0) is 4.79 Å². The molecule has 0 aromatic carbocycles. The van der Waals surface area contributed by atoms with Gasteiger partial charge in [0.1, 0.15) is 0 Å². The number of aliphatic imine (C=N–C) groups is 2. The first kappa shape index (κ1) is 16.4. The number of carboxylic acid groups (broad SMARTS) is 1. The molecular weight excluding hydrogens is 211 g/mol. The second kappa shape index (κ2) is 4.59. The van der Waals surface area contributed by atoms with E-state index < -0.39 is 17.0 Å². The Kier molecular flexibility index (Phi) is 4.43. The van der Waals surface area contributed by atoms with Gasteiger partial charge in [-0.3, -0.25) is 9.98 Å². The molecule has 0 spiro atoms. The monoisotopic (exact) mass is 230 g/mol. The van der Waals surface area contributed by atoms with Crippen LogP contribution in [0.3, 0.4) is 0 Å². The van der Waals surface area contributed by atoms with Crippen LogP contribution in [0.2, 0.25) is 0 Å². The van der Waals surface area contributed by atoms with Crippen molar-refractivity contribution >= 4 is 17.9 Å². The van der Waals surface area contributed by atoms with Crippen LogP contribution >= 0.6 is 0 Å². The molecule has 0 amide bonds. The molecule has 4 nitrogen and oxygen atoms in total. The van der Waals surface area contributed by atoms with Gasteiger partial charge in [0, 0.05) is 17.0 Å². The van der Waals surface area contributed by atoms with Crippen molar-refractivity contribution in [3.05, 3.63) is 0 Å². The van der Waals surface area contributed by atoms with Crippen molar-refractivity contribution in [1.82, 2.24) is 0 Å². The number of carboxylic acids is 1. The normalized spacial score (nSPS) is 24.2. The zero-order valence-corrected chi connectivity index (χ0v) is 11.8. The molecule has 0 saturated heterocycles. The summed E-state index contributed by atoms with van der Waals surface area (Å²) in [5.74, 6) is -1.24. The molecule has 0 aromatic heterocycles. The van der Waals surface area contributed by atoms with Crippen LogP contribution in [0, 0.1) is 10.8 Å². The van der Waals surface area contributed by atoms with Gasteiger partial charge in [0.2, 0.25) is 0 Å². The van der Waals surface area contributed by atoms with E-state index in [0.717, 1.165) is 0 Å². The maximum Gasteiger partial charge on any atom is 1.00 e. The van der Waals surface area contributed by atoms with Crippen molar-refractivity contribution in [2.45, 2.75) is 47.2 Å². The molecule has 90 valence electrons. The fourth-order valence-corrected chi connectivity index (χ4v) is 1.51. The van der Waals surface area contributed by atoms with Crippen LogP contribution in [0.5, 0.6) is 0 Å². The van der Waals surface area contributed by atoms with E-state index in [9.17, 15) is 9.90 Å². The van der Waals surface area contributed by atoms with Gasteiger partial charge in [0.25, 0.3) is 0 Å². The molecule has 1 aliphatic rings. The van der Waals surface area contributed by atoms with Gasteiger partial charge in [-0.25, -0.2) is 0 Å². The van der Waals surface area contributed by atoms with Crippen molar-refractivity contribution in [3.63, 3.8) is 0 Å². The molecule has 17 heavy (non-hydrogen) atoms. The molecule has 0 saturated carbocycles. The smallest absolute Gasteiger partial charge is 0.545 e. The molecule has 0 aliphatic carbocycles. The zero-order valence-electron chi connectivity index (χ0n) is 11.8. The molecule has 5 heteroatoms. The molecule has 1 aliphatic heterocycles. The summed E-state index contributed by atoms with van der Waals surface area (Å²) >= 11 is 0. The Balaban J connectivity index is 0.00000256. The second-order valence-electron chi connectivity index (χ2n) is 6.21. The first-order chi connectivity index (χ1) is 7.01. The summed E-state index contributed by atoms with van der Waals surface area (Å²) in [6.45, 7) is 11.3. The first-order valence-electron chi connectivity index (χ1n) is 5.38. The number of nitrogens with zero attached hydrogens (tertiary/aromatic N) is 2. The van der Waals surface area contributed by atoms with E-state index in [-0.39, 0.29) is 24.3 Å². The van der Waals surface area contributed by atoms with Crippen molar-refractivity contribution in [3.8, 4) is 0 Å². The molecular formula is C12H19LiN2O2. The molecule has 0 N–H and O–H groups in total. The van der Waals surface area contributed by atoms with E-state index in [1.165, 1.54) is 0 Å². The number of carbonyl (C=O) groups excluding carboxylic acids is 1. The molecule has 0 radical (unpaired) electrons. The molecule has 1 rings (SSSR count). The number of rotatable bonds is 1. The van der Waals surface area contributed by atoms with E-state index in [2.05, 4.69) is 9.98 Å². The van der Waals surface area contributed by atoms with E-state index in [1.54, 1.807) is 27.0 Å². The van der Waals surface area contributed by atoms with Gasteiger partial charge in [-0.05, 0) is 0 Å². The molecule has 0 aromatic rings. The number of carbonyl (C=O) groups is 1. The van der Waals surface area contributed by atoms with Crippen molar-refractivity contribution in [1.29, 1.82) is 0 Å². The minimum atomic E-state index is -1.48. The number of hydrogen-bond acceptors (Lipinski definition) is 4. The summed E-state index contributed by atoms with van der Waals surface area (Å²) in [5, 5.41) is 11.3. The molecule has 1 unspecified atom stereocenters. The van der Waals surface area contributed by atoms with Gasteiger partial charge < -0.3 is 9.90 Å². The summed E-state index contributed by atoms with van der Waals surface area (Å²) in [4.78, 5) is 19.7. The largest absolute Gasteiger partial charge is 1.00 e. The Morgan fingerprint density at radius 2 is 1.71 bits per heavy atom. The van der Waals surface area contributed by atoms with E-state index >= 15 is 0 Å². The van der Waals surface area contributed by atoms with E-state index in [0.29, 0.717) is 5.71 Å². The standard InChI is InChI=1S/C12H20N2O2.Li/c1-10(2,3)8-7-13-12(14-8,9(15)16)11(4,5)6;/h7H,1-6H3,(H,15,16);/q;+1/p-1.